The third kappa shape index (κ3) is 4.11. The fourth-order valence-corrected chi connectivity index (χ4v) is 3.56. The predicted molar refractivity (Wildman–Crippen MR) is 104 cm³/mol. The van der Waals surface area contributed by atoms with Crippen LogP contribution in [0, 0.1) is 5.92 Å². The van der Waals surface area contributed by atoms with Crippen molar-refractivity contribution in [1.29, 1.82) is 0 Å². The van der Waals surface area contributed by atoms with E-state index in [-0.39, 0.29) is 32.2 Å². The van der Waals surface area contributed by atoms with Crippen LogP contribution in [0.2, 0.25) is 0 Å². The molecule has 0 bridgehead atoms. The molecular weight excluding hydrogens is 342 g/mol. The van der Waals surface area contributed by atoms with Gasteiger partial charge in [0.15, 0.2) is 0 Å². The fraction of sp³-hybridized carbons (Fsp3) is 0.318. The summed E-state index contributed by atoms with van der Waals surface area (Å²) in [5.41, 5.74) is 10.6. The monoisotopic (exact) mass is 367 g/mol. The second kappa shape index (κ2) is 8.95. The van der Waals surface area contributed by atoms with E-state index in [0.29, 0.717) is 0 Å². The molecule has 5 heteroatoms. The van der Waals surface area contributed by atoms with Gasteiger partial charge in [-0.15, -0.1) is 6.58 Å². The van der Waals surface area contributed by atoms with Crippen LogP contribution in [0.3, 0.4) is 0 Å². The Morgan fingerprint density at radius 1 is 1.15 bits per heavy atom. The lowest BCUT2D eigenvalue weighted by molar-refractivity contribution is -0.155. The topological polar surface area (TPSA) is 81.8 Å². The van der Waals surface area contributed by atoms with Crippen LogP contribution in [0.4, 0.5) is 0 Å². The number of hydrogen-bond acceptors (Lipinski definition) is 5. The zero-order valence-corrected chi connectivity index (χ0v) is 15.2. The van der Waals surface area contributed by atoms with Gasteiger partial charge >= 0.3 is 5.97 Å². The van der Waals surface area contributed by atoms with E-state index in [1.807, 2.05) is 24.3 Å². The SMILES string of the molecule is C=CCOC(N)C(CCO)C(=O)OCC1c2ccccc2-c2ccccc21. The normalized spacial score (nSPS) is 14.9. The Morgan fingerprint density at radius 2 is 1.74 bits per heavy atom. The van der Waals surface area contributed by atoms with E-state index >= 15 is 0 Å². The van der Waals surface area contributed by atoms with Crippen molar-refractivity contribution in [3.8, 4) is 11.1 Å². The summed E-state index contributed by atoms with van der Waals surface area (Å²) in [5, 5.41) is 9.26. The van der Waals surface area contributed by atoms with Crippen molar-refractivity contribution >= 4 is 5.97 Å². The summed E-state index contributed by atoms with van der Waals surface area (Å²) < 4.78 is 11.0. The number of carbonyl (C=O) groups excluding carboxylic acids is 1. The first kappa shape index (κ1) is 19.3. The highest BCUT2D eigenvalue weighted by atomic mass is 16.5. The zero-order valence-electron chi connectivity index (χ0n) is 15.2. The van der Waals surface area contributed by atoms with Gasteiger partial charge in [-0.25, -0.2) is 0 Å². The quantitative estimate of drug-likeness (QED) is 0.405. The van der Waals surface area contributed by atoms with Crippen molar-refractivity contribution in [3.05, 3.63) is 72.3 Å². The number of fused-ring (bicyclic) bond motifs is 3. The molecule has 2 aromatic carbocycles. The number of aliphatic hydroxyl groups is 1. The summed E-state index contributed by atoms with van der Waals surface area (Å²) in [5.74, 6) is -1.19. The molecule has 1 aliphatic carbocycles. The van der Waals surface area contributed by atoms with Crippen LogP contribution in [0.5, 0.6) is 0 Å². The molecule has 142 valence electrons. The Hall–Kier alpha value is -2.47. The number of carbonyl (C=O) groups is 1. The molecule has 1 aliphatic rings. The van der Waals surface area contributed by atoms with Crippen molar-refractivity contribution in [2.24, 2.45) is 11.7 Å². The molecule has 2 unspecified atom stereocenters. The highest BCUT2D eigenvalue weighted by Crippen LogP contribution is 2.44. The average molecular weight is 367 g/mol. The number of hydrogen-bond donors (Lipinski definition) is 2. The molecule has 0 spiro atoms. The van der Waals surface area contributed by atoms with Crippen LogP contribution < -0.4 is 5.73 Å². The number of benzene rings is 2. The van der Waals surface area contributed by atoms with E-state index in [1.54, 1.807) is 6.08 Å². The number of aliphatic hydroxyl groups excluding tert-OH is 1. The van der Waals surface area contributed by atoms with E-state index in [2.05, 4.69) is 30.8 Å². The first-order chi connectivity index (χ1) is 13.2. The summed E-state index contributed by atoms with van der Waals surface area (Å²) in [4.78, 5) is 12.6. The maximum atomic E-state index is 12.6. The van der Waals surface area contributed by atoms with Crippen LogP contribution in [0.15, 0.2) is 61.2 Å². The van der Waals surface area contributed by atoms with E-state index in [0.717, 1.165) is 11.1 Å². The van der Waals surface area contributed by atoms with Gasteiger partial charge in [0.25, 0.3) is 0 Å². The molecule has 0 radical (unpaired) electrons. The Bertz CT molecular complexity index is 759. The molecular formula is C22H25NO4. The van der Waals surface area contributed by atoms with E-state index in [9.17, 15) is 9.90 Å². The van der Waals surface area contributed by atoms with Gasteiger partial charge in [-0.2, -0.15) is 0 Å². The first-order valence-electron chi connectivity index (χ1n) is 9.11. The van der Waals surface area contributed by atoms with Crippen molar-refractivity contribution in [2.45, 2.75) is 18.6 Å². The standard InChI is InChI=1S/C22H25NO4/c1-2-13-26-21(23)19(11-12-24)22(25)27-14-20-17-9-5-3-7-15(17)16-8-4-6-10-18(16)20/h2-10,19-21,24H,1,11-14,23H2. The van der Waals surface area contributed by atoms with Gasteiger partial charge in [-0.1, -0.05) is 54.6 Å². The summed E-state index contributed by atoms with van der Waals surface area (Å²) in [7, 11) is 0. The lowest BCUT2D eigenvalue weighted by Crippen LogP contribution is -2.39. The molecule has 0 heterocycles. The number of esters is 1. The van der Waals surface area contributed by atoms with Gasteiger partial charge in [0, 0.05) is 12.5 Å². The lowest BCUT2D eigenvalue weighted by atomic mass is 9.98. The van der Waals surface area contributed by atoms with Gasteiger partial charge in [0.2, 0.25) is 0 Å². The third-order valence-corrected chi connectivity index (χ3v) is 4.90. The van der Waals surface area contributed by atoms with Gasteiger partial charge in [-0.3, -0.25) is 4.79 Å². The molecule has 5 nitrogen and oxygen atoms in total. The molecule has 27 heavy (non-hydrogen) atoms. The summed E-state index contributed by atoms with van der Waals surface area (Å²) in [6.07, 6.45) is 0.911. The maximum Gasteiger partial charge on any atom is 0.313 e. The van der Waals surface area contributed by atoms with E-state index < -0.39 is 18.1 Å². The zero-order chi connectivity index (χ0) is 19.2. The van der Waals surface area contributed by atoms with Crippen molar-refractivity contribution in [3.63, 3.8) is 0 Å². The minimum atomic E-state index is -0.842. The molecule has 0 amide bonds. The Labute approximate surface area is 159 Å². The molecule has 0 fully saturated rings. The third-order valence-electron chi connectivity index (χ3n) is 4.90. The Kier molecular flexibility index (Phi) is 6.40. The van der Waals surface area contributed by atoms with Gasteiger partial charge in [0.05, 0.1) is 12.5 Å². The van der Waals surface area contributed by atoms with Crippen LogP contribution in [-0.2, 0) is 14.3 Å². The molecule has 2 atom stereocenters. The summed E-state index contributed by atoms with van der Waals surface area (Å²) >= 11 is 0. The molecule has 3 N–H and O–H groups in total. The first-order valence-corrected chi connectivity index (χ1v) is 9.11. The summed E-state index contributed by atoms with van der Waals surface area (Å²) in [6, 6.07) is 16.3. The molecule has 0 aromatic heterocycles. The van der Waals surface area contributed by atoms with Crippen molar-refractivity contribution in [1.82, 2.24) is 0 Å². The minimum Gasteiger partial charge on any atom is -0.464 e. The molecule has 0 saturated heterocycles. The highest BCUT2D eigenvalue weighted by molar-refractivity contribution is 5.79. The molecule has 0 aliphatic heterocycles. The number of nitrogens with two attached hydrogens (primary N) is 1. The maximum absolute atomic E-state index is 12.6. The van der Waals surface area contributed by atoms with Gasteiger partial charge in [-0.05, 0) is 28.7 Å². The number of ether oxygens (including phenoxy) is 2. The minimum absolute atomic E-state index is 0.0126. The fourth-order valence-electron chi connectivity index (χ4n) is 3.56. The predicted octanol–water partition coefficient (Wildman–Crippen LogP) is 2.83. The molecule has 0 saturated carbocycles. The number of rotatable bonds is 9. The van der Waals surface area contributed by atoms with Gasteiger partial charge in [0.1, 0.15) is 12.8 Å². The van der Waals surface area contributed by atoms with Crippen LogP contribution in [0.25, 0.3) is 11.1 Å². The van der Waals surface area contributed by atoms with Gasteiger partial charge < -0.3 is 20.3 Å². The smallest absolute Gasteiger partial charge is 0.313 e. The Balaban J connectivity index is 1.73. The van der Waals surface area contributed by atoms with Crippen LogP contribution in [-0.4, -0.2) is 37.1 Å². The van der Waals surface area contributed by atoms with Crippen LogP contribution in [0.1, 0.15) is 23.5 Å². The summed E-state index contributed by atoms with van der Waals surface area (Å²) in [6.45, 7) is 3.86. The lowest BCUT2D eigenvalue weighted by Gasteiger charge is -2.23. The average Bonchev–Trinajstić information content (AvgIpc) is 3.02. The van der Waals surface area contributed by atoms with Crippen LogP contribution >= 0.6 is 0 Å². The largest absolute Gasteiger partial charge is 0.464 e. The second-order valence-electron chi connectivity index (χ2n) is 6.56. The Morgan fingerprint density at radius 3 is 2.30 bits per heavy atom. The van der Waals surface area contributed by atoms with E-state index in [4.69, 9.17) is 15.2 Å². The highest BCUT2D eigenvalue weighted by Gasteiger charge is 2.32. The van der Waals surface area contributed by atoms with Crippen molar-refractivity contribution in [2.75, 3.05) is 19.8 Å². The van der Waals surface area contributed by atoms with Crippen molar-refractivity contribution < 1.29 is 19.4 Å². The van der Waals surface area contributed by atoms with E-state index in [1.165, 1.54) is 11.1 Å². The molecule has 3 rings (SSSR count). The second-order valence-corrected chi connectivity index (χ2v) is 6.56. The molecule has 2 aromatic rings.